The molecule has 2 N–H and O–H groups in total. The maximum absolute atomic E-state index is 12.4. The predicted molar refractivity (Wildman–Crippen MR) is 125 cm³/mol. The Labute approximate surface area is 191 Å². The molecule has 0 aliphatic carbocycles. The Morgan fingerprint density at radius 1 is 0.909 bits per heavy atom. The van der Waals surface area contributed by atoms with E-state index in [9.17, 15) is 14.4 Å². The van der Waals surface area contributed by atoms with Gasteiger partial charge in [-0.15, -0.1) is 0 Å². The fourth-order valence-corrected chi connectivity index (χ4v) is 2.91. The van der Waals surface area contributed by atoms with Gasteiger partial charge in [-0.05, 0) is 54.4 Å². The largest absolute Gasteiger partial charge is 0.497 e. The Bertz CT molecular complexity index is 1170. The van der Waals surface area contributed by atoms with Gasteiger partial charge in [0.05, 0.1) is 18.9 Å². The summed E-state index contributed by atoms with van der Waals surface area (Å²) in [4.78, 5) is 36.7. The number of methoxy groups -OCH3 is 1. The van der Waals surface area contributed by atoms with Crippen LogP contribution in [0.15, 0.2) is 77.9 Å². The van der Waals surface area contributed by atoms with E-state index in [-0.39, 0.29) is 5.75 Å². The van der Waals surface area contributed by atoms with Gasteiger partial charge in [-0.2, -0.15) is 5.10 Å². The van der Waals surface area contributed by atoms with E-state index < -0.39 is 17.8 Å². The number of benzene rings is 3. The molecule has 3 rings (SSSR count). The summed E-state index contributed by atoms with van der Waals surface area (Å²) in [6, 6.07) is 20.4. The first-order chi connectivity index (χ1) is 16.0. The van der Waals surface area contributed by atoms with Crippen LogP contribution < -0.4 is 20.2 Å². The second-order valence-corrected chi connectivity index (χ2v) is 6.82. The quantitative estimate of drug-likeness (QED) is 0.190. The summed E-state index contributed by atoms with van der Waals surface area (Å²) in [6.45, 7) is 1.95. The maximum atomic E-state index is 12.4. The molecule has 0 radical (unpaired) electrons. The monoisotopic (exact) mass is 445 g/mol. The second kappa shape index (κ2) is 11.2. The minimum Gasteiger partial charge on any atom is -0.497 e. The molecule has 8 nitrogen and oxygen atoms in total. The molecular formula is C25H23N3O5. The van der Waals surface area contributed by atoms with Crippen molar-refractivity contribution in [2.45, 2.75) is 13.3 Å². The van der Waals surface area contributed by atoms with Gasteiger partial charge < -0.3 is 14.8 Å². The van der Waals surface area contributed by atoms with Gasteiger partial charge in [0, 0.05) is 11.3 Å². The van der Waals surface area contributed by atoms with E-state index in [1.165, 1.54) is 13.3 Å². The third kappa shape index (κ3) is 6.27. The summed E-state index contributed by atoms with van der Waals surface area (Å²) in [5.41, 5.74) is 4.45. The van der Waals surface area contributed by atoms with Crippen LogP contribution in [0.25, 0.3) is 0 Å². The summed E-state index contributed by atoms with van der Waals surface area (Å²) in [7, 11) is 1.54. The van der Waals surface area contributed by atoms with Crippen molar-refractivity contribution >= 4 is 29.7 Å². The molecule has 0 saturated carbocycles. The van der Waals surface area contributed by atoms with Crippen LogP contribution in [0.2, 0.25) is 0 Å². The van der Waals surface area contributed by atoms with Crippen LogP contribution in [0, 0.1) is 0 Å². The van der Waals surface area contributed by atoms with Crippen LogP contribution in [-0.2, 0) is 16.0 Å². The number of aryl methyl sites for hydroxylation is 1. The third-order valence-corrected chi connectivity index (χ3v) is 4.67. The van der Waals surface area contributed by atoms with E-state index in [2.05, 4.69) is 15.8 Å². The molecule has 0 unspecified atom stereocenters. The third-order valence-electron chi connectivity index (χ3n) is 4.67. The van der Waals surface area contributed by atoms with Gasteiger partial charge in [-0.25, -0.2) is 10.2 Å². The van der Waals surface area contributed by atoms with E-state index in [1.807, 2.05) is 19.1 Å². The number of hydrogen-bond acceptors (Lipinski definition) is 6. The molecule has 3 aromatic carbocycles. The van der Waals surface area contributed by atoms with E-state index in [0.717, 1.165) is 5.56 Å². The Kier molecular flexibility index (Phi) is 7.91. The molecule has 0 heterocycles. The summed E-state index contributed by atoms with van der Waals surface area (Å²) in [5, 5.41) is 6.39. The number of amides is 2. The van der Waals surface area contributed by atoms with Crippen molar-refractivity contribution in [1.82, 2.24) is 5.43 Å². The molecule has 0 aromatic heterocycles. The lowest BCUT2D eigenvalue weighted by Crippen LogP contribution is -2.32. The summed E-state index contributed by atoms with van der Waals surface area (Å²) in [5.74, 6) is -1.46. The number of carbonyl (C=O) groups is 3. The van der Waals surface area contributed by atoms with E-state index >= 15 is 0 Å². The topological polar surface area (TPSA) is 106 Å². The van der Waals surface area contributed by atoms with Gasteiger partial charge in [0.25, 0.3) is 0 Å². The molecule has 0 aliphatic rings. The lowest BCUT2D eigenvalue weighted by molar-refractivity contribution is -0.136. The molecule has 0 spiro atoms. The van der Waals surface area contributed by atoms with Crippen molar-refractivity contribution < 1.29 is 23.9 Å². The zero-order valence-corrected chi connectivity index (χ0v) is 18.2. The van der Waals surface area contributed by atoms with Gasteiger partial charge in [-0.1, -0.05) is 37.3 Å². The zero-order valence-electron chi connectivity index (χ0n) is 18.2. The average molecular weight is 445 g/mol. The first kappa shape index (κ1) is 23.2. The fourth-order valence-electron chi connectivity index (χ4n) is 2.91. The normalized spacial score (nSPS) is 10.5. The lowest BCUT2D eigenvalue weighted by Gasteiger charge is -2.09. The number of hydrazone groups is 1. The van der Waals surface area contributed by atoms with Crippen molar-refractivity contribution in [3.63, 3.8) is 0 Å². The molecular weight excluding hydrogens is 422 g/mol. The number of rotatable bonds is 7. The lowest BCUT2D eigenvalue weighted by atomic mass is 10.1. The minimum atomic E-state index is -0.926. The van der Waals surface area contributed by atoms with Crippen molar-refractivity contribution in [2.75, 3.05) is 12.4 Å². The maximum Gasteiger partial charge on any atom is 0.343 e. The number of carbonyl (C=O) groups excluding carboxylic acids is 3. The van der Waals surface area contributed by atoms with Gasteiger partial charge in [-0.3, -0.25) is 9.59 Å². The van der Waals surface area contributed by atoms with Gasteiger partial charge in [0.1, 0.15) is 11.5 Å². The van der Waals surface area contributed by atoms with Crippen LogP contribution in [0.3, 0.4) is 0 Å². The Hall–Kier alpha value is -4.46. The zero-order chi connectivity index (χ0) is 23.6. The molecule has 0 atom stereocenters. The smallest absolute Gasteiger partial charge is 0.343 e. The molecule has 8 heteroatoms. The summed E-state index contributed by atoms with van der Waals surface area (Å²) >= 11 is 0. The van der Waals surface area contributed by atoms with Crippen LogP contribution >= 0.6 is 0 Å². The SMILES string of the molecule is CCc1ccccc1NC(=O)C(=O)NN=Cc1ccccc1OC(=O)c1ccc(OC)cc1. The standard InChI is InChI=1S/C25H23N3O5/c1-3-17-8-4-6-10-21(17)27-23(29)24(30)28-26-16-19-9-5-7-11-22(19)33-25(31)18-12-14-20(32-2)15-13-18/h4-16H,3H2,1-2H3,(H,27,29)(H,28,30). The number of hydrogen-bond donors (Lipinski definition) is 2. The van der Waals surface area contributed by atoms with Gasteiger partial charge in [0.2, 0.25) is 0 Å². The number of nitrogens with zero attached hydrogens (tertiary/aromatic N) is 1. The van der Waals surface area contributed by atoms with Gasteiger partial charge in [0.15, 0.2) is 0 Å². The number of nitrogens with one attached hydrogen (secondary N) is 2. The highest BCUT2D eigenvalue weighted by Gasteiger charge is 2.15. The van der Waals surface area contributed by atoms with Crippen LogP contribution in [-0.4, -0.2) is 31.1 Å². The van der Waals surface area contributed by atoms with Crippen LogP contribution in [0.4, 0.5) is 5.69 Å². The van der Waals surface area contributed by atoms with E-state index in [1.54, 1.807) is 60.7 Å². The highest BCUT2D eigenvalue weighted by molar-refractivity contribution is 6.39. The predicted octanol–water partition coefficient (Wildman–Crippen LogP) is 3.57. The van der Waals surface area contributed by atoms with Crippen LogP contribution in [0.1, 0.15) is 28.4 Å². The molecule has 0 fully saturated rings. The first-order valence-corrected chi connectivity index (χ1v) is 10.2. The molecule has 0 saturated heterocycles. The molecule has 0 aliphatic heterocycles. The number of esters is 1. The highest BCUT2D eigenvalue weighted by Crippen LogP contribution is 2.19. The van der Waals surface area contributed by atoms with Gasteiger partial charge >= 0.3 is 17.8 Å². The number of ether oxygens (including phenoxy) is 2. The fraction of sp³-hybridized carbons (Fsp3) is 0.120. The molecule has 168 valence electrons. The van der Waals surface area contributed by atoms with Crippen molar-refractivity contribution in [3.05, 3.63) is 89.5 Å². The van der Waals surface area contributed by atoms with Crippen molar-refractivity contribution in [2.24, 2.45) is 5.10 Å². The van der Waals surface area contributed by atoms with Crippen LogP contribution in [0.5, 0.6) is 11.5 Å². The summed E-state index contributed by atoms with van der Waals surface area (Å²) < 4.78 is 10.5. The first-order valence-electron chi connectivity index (χ1n) is 10.2. The Morgan fingerprint density at radius 2 is 1.61 bits per heavy atom. The Morgan fingerprint density at radius 3 is 2.33 bits per heavy atom. The average Bonchev–Trinajstić information content (AvgIpc) is 2.85. The highest BCUT2D eigenvalue weighted by atomic mass is 16.5. The van der Waals surface area contributed by atoms with E-state index in [4.69, 9.17) is 9.47 Å². The molecule has 3 aromatic rings. The Balaban J connectivity index is 1.62. The molecule has 33 heavy (non-hydrogen) atoms. The molecule has 2 amide bonds. The van der Waals surface area contributed by atoms with Crippen molar-refractivity contribution in [1.29, 1.82) is 0 Å². The molecule has 0 bridgehead atoms. The van der Waals surface area contributed by atoms with E-state index in [0.29, 0.717) is 29.0 Å². The minimum absolute atomic E-state index is 0.248. The second-order valence-electron chi connectivity index (χ2n) is 6.82. The van der Waals surface area contributed by atoms with Crippen molar-refractivity contribution in [3.8, 4) is 11.5 Å². The summed E-state index contributed by atoms with van der Waals surface area (Å²) in [6.07, 6.45) is 2.00. The number of para-hydroxylation sites is 2. The number of anilines is 1.